The van der Waals surface area contributed by atoms with E-state index in [0.29, 0.717) is 24.3 Å². The van der Waals surface area contributed by atoms with Crippen molar-refractivity contribution in [1.29, 1.82) is 5.26 Å². The number of hydrogen-bond donors (Lipinski definition) is 2. The van der Waals surface area contributed by atoms with E-state index in [-0.39, 0.29) is 11.6 Å². The van der Waals surface area contributed by atoms with E-state index in [1.807, 2.05) is 6.07 Å². The minimum absolute atomic E-state index is 0.283. The van der Waals surface area contributed by atoms with Crippen LogP contribution >= 0.6 is 15.9 Å². The largest absolute Gasteiger partial charge is 0.335 e. The summed E-state index contributed by atoms with van der Waals surface area (Å²) in [6.07, 6.45) is 3.17. The molecule has 0 saturated heterocycles. The van der Waals surface area contributed by atoms with Crippen molar-refractivity contribution in [3.8, 4) is 6.07 Å². The van der Waals surface area contributed by atoms with E-state index in [0.717, 1.165) is 4.47 Å². The highest BCUT2D eigenvalue weighted by molar-refractivity contribution is 9.10. The van der Waals surface area contributed by atoms with E-state index in [1.54, 1.807) is 35.3 Å². The van der Waals surface area contributed by atoms with Gasteiger partial charge in [-0.05, 0) is 18.2 Å². The standard InChI is InChI=1S/C13H12BrN5O/c14-10-1-2-11(9(5-10)6-16)18-13(20)12-7-19(4-3-15)8-17-12/h1-2,5,7-8H,3-4,15H2,(H,18,20). The third-order valence-corrected chi connectivity index (χ3v) is 3.10. The summed E-state index contributed by atoms with van der Waals surface area (Å²) in [7, 11) is 0. The summed E-state index contributed by atoms with van der Waals surface area (Å²) in [6, 6.07) is 7.09. The fourth-order valence-corrected chi connectivity index (χ4v) is 2.01. The monoisotopic (exact) mass is 333 g/mol. The lowest BCUT2D eigenvalue weighted by Gasteiger charge is -2.05. The van der Waals surface area contributed by atoms with Gasteiger partial charge in [0.15, 0.2) is 0 Å². The summed E-state index contributed by atoms with van der Waals surface area (Å²) < 4.78 is 2.51. The van der Waals surface area contributed by atoms with Crippen molar-refractivity contribution in [2.24, 2.45) is 5.73 Å². The van der Waals surface area contributed by atoms with Crippen LogP contribution in [0, 0.1) is 11.3 Å². The van der Waals surface area contributed by atoms with Crippen molar-refractivity contribution in [1.82, 2.24) is 9.55 Å². The molecule has 0 atom stereocenters. The number of rotatable bonds is 4. The number of nitrogens with zero attached hydrogens (tertiary/aromatic N) is 3. The molecule has 0 bridgehead atoms. The van der Waals surface area contributed by atoms with Crippen molar-refractivity contribution in [2.45, 2.75) is 6.54 Å². The van der Waals surface area contributed by atoms with Crippen LogP contribution in [0.1, 0.15) is 16.1 Å². The Bertz CT molecular complexity index is 674. The summed E-state index contributed by atoms with van der Waals surface area (Å²) in [6.45, 7) is 1.07. The fraction of sp³-hybridized carbons (Fsp3) is 0.154. The summed E-state index contributed by atoms with van der Waals surface area (Å²) in [4.78, 5) is 16.1. The van der Waals surface area contributed by atoms with Gasteiger partial charge in [-0.3, -0.25) is 4.79 Å². The lowest BCUT2D eigenvalue weighted by molar-refractivity contribution is 0.102. The molecule has 0 saturated carbocycles. The number of nitrogens with one attached hydrogen (secondary N) is 1. The lowest BCUT2D eigenvalue weighted by Crippen LogP contribution is -2.13. The molecule has 1 amide bonds. The number of aromatic nitrogens is 2. The fourth-order valence-electron chi connectivity index (χ4n) is 1.65. The van der Waals surface area contributed by atoms with Crippen molar-refractivity contribution in [3.63, 3.8) is 0 Å². The van der Waals surface area contributed by atoms with Crippen molar-refractivity contribution in [2.75, 3.05) is 11.9 Å². The smallest absolute Gasteiger partial charge is 0.275 e. The first-order chi connectivity index (χ1) is 9.63. The average molecular weight is 334 g/mol. The van der Waals surface area contributed by atoms with E-state index in [4.69, 9.17) is 11.0 Å². The Labute approximate surface area is 124 Å². The van der Waals surface area contributed by atoms with Gasteiger partial charge in [-0.15, -0.1) is 0 Å². The second-order valence-corrected chi connectivity index (χ2v) is 4.96. The number of hydrogen-bond acceptors (Lipinski definition) is 4. The molecule has 0 fully saturated rings. The van der Waals surface area contributed by atoms with E-state index in [1.165, 1.54) is 0 Å². The van der Waals surface area contributed by atoms with Crippen LogP contribution in [0.15, 0.2) is 35.2 Å². The third-order valence-electron chi connectivity index (χ3n) is 2.60. The van der Waals surface area contributed by atoms with E-state index in [9.17, 15) is 4.79 Å². The summed E-state index contributed by atoms with van der Waals surface area (Å²) in [5.41, 5.74) is 6.55. The van der Waals surface area contributed by atoms with Gasteiger partial charge in [-0.2, -0.15) is 5.26 Å². The Morgan fingerprint density at radius 3 is 3.05 bits per heavy atom. The van der Waals surface area contributed by atoms with Gasteiger partial charge in [0.1, 0.15) is 11.8 Å². The van der Waals surface area contributed by atoms with Crippen LogP contribution in [0.2, 0.25) is 0 Å². The lowest BCUT2D eigenvalue weighted by atomic mass is 10.2. The summed E-state index contributed by atoms with van der Waals surface area (Å²) in [5.74, 6) is -0.361. The van der Waals surface area contributed by atoms with Crippen LogP contribution in [0.5, 0.6) is 0 Å². The quantitative estimate of drug-likeness (QED) is 0.890. The Morgan fingerprint density at radius 1 is 1.55 bits per heavy atom. The molecule has 1 aromatic heterocycles. The Morgan fingerprint density at radius 2 is 2.35 bits per heavy atom. The zero-order chi connectivity index (χ0) is 14.5. The first-order valence-corrected chi connectivity index (χ1v) is 6.66. The normalized spacial score (nSPS) is 10.1. The van der Waals surface area contributed by atoms with Crippen LogP contribution in [0.25, 0.3) is 0 Å². The molecule has 0 aliphatic heterocycles. The molecule has 0 aliphatic carbocycles. The first kappa shape index (κ1) is 14.2. The van der Waals surface area contributed by atoms with Crippen LogP contribution in [-0.4, -0.2) is 22.0 Å². The molecule has 102 valence electrons. The van der Waals surface area contributed by atoms with Crippen LogP contribution < -0.4 is 11.1 Å². The zero-order valence-corrected chi connectivity index (χ0v) is 12.1. The Hall–Kier alpha value is -2.17. The van der Waals surface area contributed by atoms with Crippen LogP contribution in [0.3, 0.4) is 0 Å². The second-order valence-electron chi connectivity index (χ2n) is 4.04. The molecule has 3 N–H and O–H groups in total. The maximum Gasteiger partial charge on any atom is 0.275 e. The topological polar surface area (TPSA) is 96.7 Å². The highest BCUT2D eigenvalue weighted by Gasteiger charge is 2.12. The number of benzene rings is 1. The maximum atomic E-state index is 12.0. The van der Waals surface area contributed by atoms with Gasteiger partial charge in [-0.25, -0.2) is 4.98 Å². The van der Waals surface area contributed by atoms with Crippen LogP contribution in [0.4, 0.5) is 5.69 Å². The number of carbonyl (C=O) groups excluding carboxylic acids is 1. The van der Waals surface area contributed by atoms with Gasteiger partial charge in [0.05, 0.1) is 17.6 Å². The zero-order valence-electron chi connectivity index (χ0n) is 10.5. The molecule has 7 heteroatoms. The van der Waals surface area contributed by atoms with Gasteiger partial charge in [0.25, 0.3) is 5.91 Å². The summed E-state index contributed by atoms with van der Waals surface area (Å²) in [5, 5.41) is 11.7. The van der Waals surface area contributed by atoms with Gasteiger partial charge >= 0.3 is 0 Å². The predicted molar refractivity (Wildman–Crippen MR) is 78.1 cm³/mol. The molecule has 6 nitrogen and oxygen atoms in total. The Kier molecular flexibility index (Phi) is 4.50. The molecule has 1 heterocycles. The maximum absolute atomic E-state index is 12.0. The first-order valence-electron chi connectivity index (χ1n) is 5.87. The van der Waals surface area contributed by atoms with E-state index in [2.05, 4.69) is 26.2 Å². The molecule has 1 aromatic carbocycles. The molecule has 0 aliphatic rings. The molecule has 0 spiro atoms. The molecule has 2 aromatic rings. The summed E-state index contributed by atoms with van der Waals surface area (Å²) >= 11 is 3.28. The number of carbonyl (C=O) groups is 1. The number of amides is 1. The Balaban J connectivity index is 2.17. The van der Waals surface area contributed by atoms with Gasteiger partial charge in [-0.1, -0.05) is 15.9 Å². The molecule has 0 radical (unpaired) electrons. The predicted octanol–water partition coefficient (Wildman–Crippen LogP) is 1.73. The highest BCUT2D eigenvalue weighted by Crippen LogP contribution is 2.20. The number of anilines is 1. The average Bonchev–Trinajstić information content (AvgIpc) is 2.90. The van der Waals surface area contributed by atoms with Gasteiger partial charge in [0.2, 0.25) is 0 Å². The number of imidazole rings is 1. The molecule has 0 unspecified atom stereocenters. The highest BCUT2D eigenvalue weighted by atomic mass is 79.9. The minimum atomic E-state index is -0.361. The minimum Gasteiger partial charge on any atom is -0.335 e. The van der Waals surface area contributed by atoms with Crippen molar-refractivity contribution >= 4 is 27.5 Å². The van der Waals surface area contributed by atoms with Crippen molar-refractivity contribution in [3.05, 3.63) is 46.5 Å². The number of nitrogens with two attached hydrogens (primary N) is 1. The molecule has 2 rings (SSSR count). The van der Waals surface area contributed by atoms with Crippen LogP contribution in [-0.2, 0) is 6.54 Å². The van der Waals surface area contributed by atoms with Gasteiger partial charge < -0.3 is 15.6 Å². The number of halogens is 1. The second kappa shape index (κ2) is 6.32. The van der Waals surface area contributed by atoms with Gasteiger partial charge in [0, 0.05) is 23.8 Å². The van der Waals surface area contributed by atoms with E-state index < -0.39 is 0 Å². The molecular weight excluding hydrogens is 322 g/mol. The SMILES string of the molecule is N#Cc1cc(Br)ccc1NC(=O)c1cn(CCN)cn1. The third kappa shape index (κ3) is 3.23. The molecule has 20 heavy (non-hydrogen) atoms. The van der Waals surface area contributed by atoms with E-state index >= 15 is 0 Å². The van der Waals surface area contributed by atoms with Crippen molar-refractivity contribution < 1.29 is 4.79 Å². The number of nitriles is 1. The molecular formula is C13H12BrN5O.